The zero-order chi connectivity index (χ0) is 24.9. The number of para-hydroxylation sites is 1. The molecule has 0 radical (unpaired) electrons. The third-order valence-electron chi connectivity index (χ3n) is 7.75. The number of fused-ring (bicyclic) bond motifs is 3. The van der Waals surface area contributed by atoms with E-state index >= 15 is 0 Å². The fourth-order valence-electron chi connectivity index (χ4n) is 5.79. The first kappa shape index (κ1) is 22.4. The molecule has 1 heteroatoms. The van der Waals surface area contributed by atoms with Crippen LogP contribution in [0.15, 0.2) is 115 Å². The van der Waals surface area contributed by atoms with Crippen LogP contribution in [-0.4, -0.2) is 0 Å². The Morgan fingerprint density at radius 2 is 1.00 bits per heavy atom. The summed E-state index contributed by atoms with van der Waals surface area (Å²) in [4.78, 5) is 2.38. The van der Waals surface area contributed by atoms with Gasteiger partial charge in [0.2, 0.25) is 0 Å². The summed E-state index contributed by atoms with van der Waals surface area (Å²) < 4.78 is 0. The number of hydrogen-bond acceptors (Lipinski definition) is 1. The third-order valence-corrected chi connectivity index (χ3v) is 7.75. The van der Waals surface area contributed by atoms with E-state index in [0.717, 1.165) is 11.4 Å². The molecule has 1 aliphatic carbocycles. The number of nitrogens with zero attached hydrogens (tertiary/aromatic N) is 1. The van der Waals surface area contributed by atoms with Gasteiger partial charge in [-0.2, -0.15) is 0 Å². The molecule has 5 aromatic rings. The summed E-state index contributed by atoms with van der Waals surface area (Å²) in [7, 11) is 0. The Morgan fingerprint density at radius 1 is 0.444 bits per heavy atom. The van der Waals surface area contributed by atoms with Crippen molar-refractivity contribution < 1.29 is 0 Å². The fraction of sp³-hybridized carbons (Fsp3) is 0.143. The summed E-state index contributed by atoms with van der Waals surface area (Å²) in [5.74, 6) is 0. The summed E-state index contributed by atoms with van der Waals surface area (Å²) in [6.07, 6.45) is 0. The molecule has 0 bridgehead atoms. The first-order chi connectivity index (χ1) is 17.4. The molecule has 0 heterocycles. The molecule has 0 aliphatic heterocycles. The van der Waals surface area contributed by atoms with Crippen LogP contribution in [0.1, 0.15) is 36.1 Å². The van der Waals surface area contributed by atoms with Gasteiger partial charge < -0.3 is 4.90 Å². The SMILES string of the molecule is Cc1ccccc1-c1cc(N(c2ccccc2)c2ccc3c(c2)-c2ccccc2C3(C)C)ccc1C. The van der Waals surface area contributed by atoms with E-state index in [2.05, 4.69) is 148 Å². The highest BCUT2D eigenvalue weighted by Gasteiger charge is 2.35. The molecule has 0 fully saturated rings. The summed E-state index contributed by atoms with van der Waals surface area (Å²) in [5, 5.41) is 0. The molecule has 0 unspecified atom stereocenters. The van der Waals surface area contributed by atoms with Gasteiger partial charge in [0.25, 0.3) is 0 Å². The molecule has 0 spiro atoms. The first-order valence-electron chi connectivity index (χ1n) is 12.7. The monoisotopic (exact) mass is 465 g/mol. The van der Waals surface area contributed by atoms with Crippen molar-refractivity contribution >= 4 is 17.1 Å². The van der Waals surface area contributed by atoms with Crippen molar-refractivity contribution in [2.75, 3.05) is 4.90 Å². The molecule has 5 aromatic carbocycles. The molecule has 0 atom stereocenters. The maximum atomic E-state index is 2.38. The average Bonchev–Trinajstić information content (AvgIpc) is 3.13. The Bertz CT molecular complexity index is 1580. The maximum Gasteiger partial charge on any atom is 0.0468 e. The van der Waals surface area contributed by atoms with Gasteiger partial charge in [-0.3, -0.25) is 0 Å². The topological polar surface area (TPSA) is 3.24 Å². The van der Waals surface area contributed by atoms with Crippen LogP contribution >= 0.6 is 0 Å². The molecular formula is C35H31N. The van der Waals surface area contributed by atoms with Crippen LogP contribution in [0.25, 0.3) is 22.3 Å². The van der Waals surface area contributed by atoms with Crippen LogP contribution in [-0.2, 0) is 5.41 Å². The fourth-order valence-corrected chi connectivity index (χ4v) is 5.79. The zero-order valence-corrected chi connectivity index (χ0v) is 21.4. The predicted molar refractivity (Wildman–Crippen MR) is 154 cm³/mol. The number of anilines is 3. The van der Waals surface area contributed by atoms with Gasteiger partial charge in [0.15, 0.2) is 0 Å². The lowest BCUT2D eigenvalue weighted by Crippen LogP contribution is -2.15. The van der Waals surface area contributed by atoms with Crippen molar-refractivity contribution in [1.29, 1.82) is 0 Å². The molecule has 0 aromatic heterocycles. The smallest absolute Gasteiger partial charge is 0.0468 e. The molecule has 36 heavy (non-hydrogen) atoms. The molecule has 0 N–H and O–H groups in total. The number of hydrogen-bond donors (Lipinski definition) is 0. The molecular weight excluding hydrogens is 434 g/mol. The van der Waals surface area contributed by atoms with Gasteiger partial charge in [0.1, 0.15) is 0 Å². The highest BCUT2D eigenvalue weighted by Crippen LogP contribution is 2.50. The van der Waals surface area contributed by atoms with Crippen molar-refractivity contribution in [3.8, 4) is 22.3 Å². The standard InChI is InChI=1S/C35H31N/c1-24-12-8-9-15-29(24)31-22-27(19-18-25(31)2)36(26-13-6-5-7-14-26)28-20-21-34-32(23-28)30-16-10-11-17-33(30)35(34,3)4/h5-23H,1-4H3. The van der Waals surface area contributed by atoms with Gasteiger partial charge in [-0.1, -0.05) is 92.7 Å². The Labute approximate surface area is 214 Å². The summed E-state index contributed by atoms with van der Waals surface area (Å²) in [6.45, 7) is 9.06. The van der Waals surface area contributed by atoms with Crippen LogP contribution in [0.4, 0.5) is 17.1 Å². The Hall–Kier alpha value is -4.10. The van der Waals surface area contributed by atoms with E-state index in [1.807, 2.05) is 0 Å². The van der Waals surface area contributed by atoms with Gasteiger partial charge in [-0.05, 0) is 94.8 Å². The Kier molecular flexibility index (Phi) is 5.30. The van der Waals surface area contributed by atoms with Gasteiger partial charge in [0, 0.05) is 22.5 Å². The van der Waals surface area contributed by atoms with Crippen molar-refractivity contribution in [2.45, 2.75) is 33.1 Å². The molecule has 0 amide bonds. The van der Waals surface area contributed by atoms with Crippen molar-refractivity contribution in [2.24, 2.45) is 0 Å². The van der Waals surface area contributed by atoms with Crippen LogP contribution in [0, 0.1) is 13.8 Å². The van der Waals surface area contributed by atoms with E-state index in [0.29, 0.717) is 0 Å². The van der Waals surface area contributed by atoms with Crippen LogP contribution in [0.5, 0.6) is 0 Å². The molecule has 176 valence electrons. The third kappa shape index (κ3) is 3.55. The number of benzene rings is 5. The minimum Gasteiger partial charge on any atom is -0.310 e. The normalized spacial score (nSPS) is 13.2. The van der Waals surface area contributed by atoms with E-state index < -0.39 is 0 Å². The largest absolute Gasteiger partial charge is 0.310 e. The number of aryl methyl sites for hydroxylation is 2. The summed E-state index contributed by atoms with van der Waals surface area (Å²) in [6, 6.07) is 42.0. The van der Waals surface area contributed by atoms with Gasteiger partial charge in [0.05, 0.1) is 0 Å². The van der Waals surface area contributed by atoms with E-state index in [9.17, 15) is 0 Å². The summed E-state index contributed by atoms with van der Waals surface area (Å²) >= 11 is 0. The van der Waals surface area contributed by atoms with E-state index in [-0.39, 0.29) is 5.41 Å². The zero-order valence-electron chi connectivity index (χ0n) is 21.4. The van der Waals surface area contributed by atoms with Gasteiger partial charge in [-0.25, -0.2) is 0 Å². The number of rotatable bonds is 4. The minimum atomic E-state index is 0.00387. The maximum absolute atomic E-state index is 2.38. The predicted octanol–water partition coefficient (Wildman–Crippen LogP) is 9.75. The Balaban J connectivity index is 1.55. The van der Waals surface area contributed by atoms with E-state index in [4.69, 9.17) is 0 Å². The van der Waals surface area contributed by atoms with Gasteiger partial charge in [-0.15, -0.1) is 0 Å². The highest BCUT2D eigenvalue weighted by molar-refractivity contribution is 5.87. The van der Waals surface area contributed by atoms with Crippen molar-refractivity contribution in [1.82, 2.24) is 0 Å². The lowest BCUT2D eigenvalue weighted by atomic mass is 9.82. The summed E-state index contributed by atoms with van der Waals surface area (Å²) in [5.41, 5.74) is 14.1. The van der Waals surface area contributed by atoms with Crippen LogP contribution in [0.3, 0.4) is 0 Å². The van der Waals surface area contributed by atoms with E-state index in [1.165, 1.54) is 50.2 Å². The van der Waals surface area contributed by atoms with Crippen LogP contribution < -0.4 is 4.90 Å². The molecule has 1 nitrogen and oxygen atoms in total. The second-order valence-electron chi connectivity index (χ2n) is 10.4. The first-order valence-corrected chi connectivity index (χ1v) is 12.7. The molecule has 0 saturated heterocycles. The molecule has 6 rings (SSSR count). The molecule has 0 saturated carbocycles. The molecule has 1 aliphatic rings. The minimum absolute atomic E-state index is 0.00387. The second kappa shape index (κ2) is 8.53. The van der Waals surface area contributed by atoms with E-state index in [1.54, 1.807) is 0 Å². The quantitative estimate of drug-likeness (QED) is 0.255. The van der Waals surface area contributed by atoms with Crippen molar-refractivity contribution in [3.05, 3.63) is 138 Å². The highest BCUT2D eigenvalue weighted by atomic mass is 15.1. The van der Waals surface area contributed by atoms with Gasteiger partial charge >= 0.3 is 0 Å². The average molecular weight is 466 g/mol. The van der Waals surface area contributed by atoms with Crippen molar-refractivity contribution in [3.63, 3.8) is 0 Å². The Morgan fingerprint density at radius 3 is 1.75 bits per heavy atom. The lowest BCUT2D eigenvalue weighted by molar-refractivity contribution is 0.660. The van der Waals surface area contributed by atoms with Crippen LogP contribution in [0.2, 0.25) is 0 Å². The lowest BCUT2D eigenvalue weighted by Gasteiger charge is -2.28. The second-order valence-corrected chi connectivity index (χ2v) is 10.4.